The summed E-state index contributed by atoms with van der Waals surface area (Å²) in [5.74, 6) is 0.146. The predicted molar refractivity (Wildman–Crippen MR) is 61.8 cm³/mol. The van der Waals surface area contributed by atoms with Crippen molar-refractivity contribution in [3.05, 3.63) is 0 Å². The van der Waals surface area contributed by atoms with Crippen molar-refractivity contribution in [2.24, 2.45) is 11.7 Å². The van der Waals surface area contributed by atoms with E-state index in [0.717, 1.165) is 25.7 Å². The van der Waals surface area contributed by atoms with Crippen molar-refractivity contribution in [3.63, 3.8) is 0 Å². The Kier molecular flexibility index (Phi) is 3.22. The Balaban J connectivity index is 1.97. The first-order chi connectivity index (χ1) is 7.49. The highest BCUT2D eigenvalue weighted by atomic mass is 16.3. The first-order valence-corrected chi connectivity index (χ1v) is 6.26. The first kappa shape index (κ1) is 11.9. The highest BCUT2D eigenvalue weighted by Gasteiger charge is 2.38. The van der Waals surface area contributed by atoms with Gasteiger partial charge in [0, 0.05) is 19.1 Å². The lowest BCUT2D eigenvalue weighted by Crippen LogP contribution is -2.45. The molecule has 0 aromatic carbocycles. The van der Waals surface area contributed by atoms with Crippen LogP contribution in [0.4, 0.5) is 0 Å². The van der Waals surface area contributed by atoms with E-state index in [2.05, 4.69) is 0 Å². The van der Waals surface area contributed by atoms with Crippen molar-refractivity contribution in [1.82, 2.24) is 4.90 Å². The molecule has 3 N–H and O–H groups in total. The lowest BCUT2D eigenvalue weighted by Gasteiger charge is -2.31. The molecule has 2 fully saturated rings. The lowest BCUT2D eigenvalue weighted by molar-refractivity contribution is -0.136. The number of rotatable bonds is 1. The molecule has 3 atom stereocenters. The maximum atomic E-state index is 12.2. The number of likely N-dealkylation sites (tertiary alicyclic amines) is 1. The molecule has 1 heterocycles. The number of carbonyl (C=O) groups is 1. The van der Waals surface area contributed by atoms with Gasteiger partial charge in [-0.1, -0.05) is 12.8 Å². The zero-order valence-electron chi connectivity index (χ0n) is 9.98. The molecule has 0 aromatic rings. The molecule has 0 aromatic heterocycles. The molecule has 0 bridgehead atoms. The van der Waals surface area contributed by atoms with Crippen molar-refractivity contribution in [1.29, 1.82) is 0 Å². The van der Waals surface area contributed by atoms with E-state index in [0.29, 0.717) is 19.5 Å². The summed E-state index contributed by atoms with van der Waals surface area (Å²) in [5.41, 5.74) is 5.31. The van der Waals surface area contributed by atoms with Crippen LogP contribution in [0, 0.1) is 5.92 Å². The smallest absolute Gasteiger partial charge is 0.227 e. The quantitative estimate of drug-likeness (QED) is 0.683. The van der Waals surface area contributed by atoms with Gasteiger partial charge in [0.15, 0.2) is 0 Å². The third kappa shape index (κ3) is 2.38. The number of hydrogen-bond donors (Lipinski definition) is 2. The van der Waals surface area contributed by atoms with Gasteiger partial charge in [-0.3, -0.25) is 4.79 Å². The average Bonchev–Trinajstić information content (AvgIpc) is 2.59. The Morgan fingerprint density at radius 3 is 2.69 bits per heavy atom. The Bertz CT molecular complexity index is 278. The van der Waals surface area contributed by atoms with E-state index < -0.39 is 5.60 Å². The van der Waals surface area contributed by atoms with E-state index in [4.69, 9.17) is 5.73 Å². The summed E-state index contributed by atoms with van der Waals surface area (Å²) >= 11 is 0. The average molecular weight is 226 g/mol. The van der Waals surface area contributed by atoms with E-state index in [9.17, 15) is 9.90 Å². The van der Waals surface area contributed by atoms with E-state index in [-0.39, 0.29) is 17.9 Å². The fourth-order valence-corrected chi connectivity index (χ4v) is 2.83. The molecule has 1 saturated carbocycles. The second-order valence-corrected chi connectivity index (χ2v) is 5.56. The molecule has 1 aliphatic carbocycles. The molecule has 4 heteroatoms. The molecule has 1 aliphatic heterocycles. The van der Waals surface area contributed by atoms with Crippen LogP contribution >= 0.6 is 0 Å². The van der Waals surface area contributed by atoms with Crippen LogP contribution in [0.25, 0.3) is 0 Å². The summed E-state index contributed by atoms with van der Waals surface area (Å²) in [4.78, 5) is 14.0. The molecule has 4 nitrogen and oxygen atoms in total. The Labute approximate surface area is 96.8 Å². The third-order valence-electron chi connectivity index (χ3n) is 3.90. The Hall–Kier alpha value is -0.610. The molecule has 3 unspecified atom stereocenters. The maximum absolute atomic E-state index is 12.2. The Morgan fingerprint density at radius 2 is 2.12 bits per heavy atom. The van der Waals surface area contributed by atoms with Gasteiger partial charge in [-0.25, -0.2) is 0 Å². The van der Waals surface area contributed by atoms with Crippen LogP contribution in [-0.2, 0) is 4.79 Å². The minimum Gasteiger partial charge on any atom is -0.388 e. The number of hydrogen-bond acceptors (Lipinski definition) is 3. The minimum absolute atomic E-state index is 0.0114. The summed E-state index contributed by atoms with van der Waals surface area (Å²) < 4.78 is 0. The number of amides is 1. The lowest BCUT2D eigenvalue weighted by atomic mass is 9.84. The summed E-state index contributed by atoms with van der Waals surface area (Å²) in [6.07, 6.45) is 4.80. The predicted octanol–water partition coefficient (Wildman–Crippen LogP) is 0.487. The third-order valence-corrected chi connectivity index (χ3v) is 3.90. The number of aliphatic hydroxyl groups is 1. The molecular weight excluding hydrogens is 204 g/mol. The number of carbonyl (C=O) groups excluding carboxylic acids is 1. The molecule has 0 spiro atoms. The highest BCUT2D eigenvalue weighted by molar-refractivity contribution is 5.80. The zero-order chi connectivity index (χ0) is 11.8. The molecule has 16 heavy (non-hydrogen) atoms. The number of nitrogens with two attached hydrogens (primary N) is 1. The highest BCUT2D eigenvalue weighted by Crippen LogP contribution is 2.28. The Morgan fingerprint density at radius 1 is 1.44 bits per heavy atom. The van der Waals surface area contributed by atoms with Crippen molar-refractivity contribution in [2.75, 3.05) is 13.1 Å². The van der Waals surface area contributed by atoms with E-state index in [1.165, 1.54) is 0 Å². The summed E-state index contributed by atoms with van der Waals surface area (Å²) in [6, 6.07) is 0.0202. The second kappa shape index (κ2) is 4.34. The van der Waals surface area contributed by atoms with Gasteiger partial charge in [-0.15, -0.1) is 0 Å². The van der Waals surface area contributed by atoms with Crippen LogP contribution in [0.5, 0.6) is 0 Å². The van der Waals surface area contributed by atoms with Crippen molar-refractivity contribution in [3.8, 4) is 0 Å². The van der Waals surface area contributed by atoms with Gasteiger partial charge in [0.25, 0.3) is 0 Å². The van der Waals surface area contributed by atoms with Crippen molar-refractivity contribution >= 4 is 5.91 Å². The molecule has 0 radical (unpaired) electrons. The van der Waals surface area contributed by atoms with Gasteiger partial charge in [-0.2, -0.15) is 0 Å². The fourth-order valence-electron chi connectivity index (χ4n) is 2.83. The largest absolute Gasteiger partial charge is 0.388 e. The van der Waals surface area contributed by atoms with Crippen molar-refractivity contribution in [2.45, 2.75) is 50.7 Å². The monoisotopic (exact) mass is 226 g/mol. The molecule has 2 aliphatic rings. The molecule has 1 saturated heterocycles. The van der Waals surface area contributed by atoms with Gasteiger partial charge in [0.05, 0.1) is 11.5 Å². The van der Waals surface area contributed by atoms with Crippen LogP contribution in [-0.4, -0.2) is 40.6 Å². The van der Waals surface area contributed by atoms with Gasteiger partial charge in [0.1, 0.15) is 0 Å². The van der Waals surface area contributed by atoms with Gasteiger partial charge >= 0.3 is 0 Å². The van der Waals surface area contributed by atoms with Crippen LogP contribution in [0.2, 0.25) is 0 Å². The zero-order valence-corrected chi connectivity index (χ0v) is 9.98. The summed E-state index contributed by atoms with van der Waals surface area (Å²) in [6.45, 7) is 2.94. The molecule has 1 amide bonds. The van der Waals surface area contributed by atoms with Crippen LogP contribution < -0.4 is 5.73 Å². The first-order valence-electron chi connectivity index (χ1n) is 6.26. The van der Waals surface area contributed by atoms with Crippen LogP contribution in [0.15, 0.2) is 0 Å². The maximum Gasteiger partial charge on any atom is 0.227 e. The minimum atomic E-state index is -0.700. The molecular formula is C12H22N2O2. The second-order valence-electron chi connectivity index (χ2n) is 5.56. The van der Waals surface area contributed by atoms with Gasteiger partial charge in [-0.05, 0) is 26.2 Å². The van der Waals surface area contributed by atoms with Crippen molar-refractivity contribution < 1.29 is 9.90 Å². The normalized spacial score (nSPS) is 40.1. The fraction of sp³-hybridized carbons (Fsp3) is 0.917. The summed E-state index contributed by atoms with van der Waals surface area (Å²) in [7, 11) is 0. The standard InChI is InChI=1S/C12H22N2O2/c1-12(16)6-7-14(8-12)11(15)9-4-2-3-5-10(9)13/h9-10,16H,2-8,13H2,1H3. The van der Waals surface area contributed by atoms with Gasteiger partial charge in [0.2, 0.25) is 5.91 Å². The SMILES string of the molecule is CC1(O)CCN(C(=O)C2CCCCC2N)C1. The summed E-state index contributed by atoms with van der Waals surface area (Å²) in [5, 5.41) is 9.85. The number of β-amino-alcohol motifs (C(OH)–C–C–N with tert-alkyl or cyclic N) is 1. The molecule has 92 valence electrons. The molecule has 2 rings (SSSR count). The van der Waals surface area contributed by atoms with Crippen LogP contribution in [0.1, 0.15) is 39.0 Å². The van der Waals surface area contributed by atoms with E-state index >= 15 is 0 Å². The van der Waals surface area contributed by atoms with Crippen LogP contribution in [0.3, 0.4) is 0 Å². The van der Waals surface area contributed by atoms with E-state index in [1.54, 1.807) is 11.8 Å². The topological polar surface area (TPSA) is 66.6 Å². The van der Waals surface area contributed by atoms with Gasteiger partial charge < -0.3 is 15.7 Å². The number of nitrogens with zero attached hydrogens (tertiary/aromatic N) is 1. The van der Waals surface area contributed by atoms with E-state index in [1.807, 2.05) is 0 Å².